The second-order valence-corrected chi connectivity index (χ2v) is 6.85. The fraction of sp³-hybridized carbons (Fsp3) is 0.900. The summed E-state index contributed by atoms with van der Waals surface area (Å²) in [4.78, 5) is 21.1. The van der Waals surface area contributed by atoms with Crippen molar-refractivity contribution in [3.05, 3.63) is 0 Å². The average Bonchev–Trinajstić information content (AvgIpc) is 2.00. The standard InChI is InChI=1S/C10H21O5P/c1-6-10(7-2,8(11)12)16(13,14)15-9(3,4)5/h6-7H2,1-5H3,(H,11,12)(H,13,14). The molecule has 0 fully saturated rings. The second kappa shape index (κ2) is 4.86. The topological polar surface area (TPSA) is 83.8 Å². The smallest absolute Gasteiger partial charge is 0.345 e. The Hall–Kier alpha value is -0.380. The molecule has 0 radical (unpaired) electrons. The molecule has 16 heavy (non-hydrogen) atoms. The Morgan fingerprint density at radius 1 is 1.25 bits per heavy atom. The van der Waals surface area contributed by atoms with Crippen molar-refractivity contribution >= 4 is 13.6 Å². The molecule has 0 aromatic heterocycles. The van der Waals surface area contributed by atoms with Crippen LogP contribution in [0, 0.1) is 0 Å². The molecular weight excluding hydrogens is 231 g/mol. The summed E-state index contributed by atoms with van der Waals surface area (Å²) in [6.07, 6.45) is 0.116. The minimum Gasteiger partial charge on any atom is -0.480 e. The molecule has 0 spiro atoms. The summed E-state index contributed by atoms with van der Waals surface area (Å²) >= 11 is 0. The van der Waals surface area contributed by atoms with Gasteiger partial charge in [0.1, 0.15) is 0 Å². The molecule has 0 bridgehead atoms. The number of carboxylic acids is 1. The number of carbonyl (C=O) groups is 1. The Kier molecular flexibility index (Phi) is 4.75. The molecule has 0 aliphatic heterocycles. The zero-order valence-corrected chi connectivity index (χ0v) is 11.4. The van der Waals surface area contributed by atoms with Gasteiger partial charge in [0.15, 0.2) is 5.16 Å². The van der Waals surface area contributed by atoms with Gasteiger partial charge in [0.05, 0.1) is 5.60 Å². The van der Waals surface area contributed by atoms with Crippen molar-refractivity contribution in [2.45, 2.75) is 58.2 Å². The first kappa shape index (κ1) is 15.6. The van der Waals surface area contributed by atoms with Crippen LogP contribution in [0.25, 0.3) is 0 Å². The van der Waals surface area contributed by atoms with Crippen LogP contribution in [0.15, 0.2) is 0 Å². The summed E-state index contributed by atoms with van der Waals surface area (Å²) in [6, 6.07) is 0. The summed E-state index contributed by atoms with van der Waals surface area (Å²) in [5.74, 6) is -1.28. The minimum atomic E-state index is -4.21. The Morgan fingerprint density at radius 3 is 1.81 bits per heavy atom. The van der Waals surface area contributed by atoms with Crippen LogP contribution in [0.3, 0.4) is 0 Å². The van der Waals surface area contributed by atoms with E-state index in [2.05, 4.69) is 0 Å². The van der Waals surface area contributed by atoms with Crippen molar-refractivity contribution in [1.82, 2.24) is 0 Å². The van der Waals surface area contributed by atoms with Crippen LogP contribution in [0.2, 0.25) is 0 Å². The fourth-order valence-electron chi connectivity index (χ4n) is 1.53. The molecule has 0 aliphatic carbocycles. The van der Waals surface area contributed by atoms with E-state index in [-0.39, 0.29) is 12.8 Å². The van der Waals surface area contributed by atoms with Crippen LogP contribution >= 0.6 is 7.60 Å². The SMILES string of the molecule is CCC(CC)(C(=O)O)P(=O)(O)OC(C)(C)C. The van der Waals surface area contributed by atoms with Gasteiger partial charge in [0.2, 0.25) is 0 Å². The number of rotatable bonds is 5. The largest absolute Gasteiger partial charge is 0.480 e. The predicted octanol–water partition coefficient (Wildman–Crippen LogP) is 2.63. The van der Waals surface area contributed by atoms with E-state index in [1.165, 1.54) is 0 Å². The Balaban J connectivity index is 5.37. The van der Waals surface area contributed by atoms with E-state index in [4.69, 9.17) is 9.63 Å². The molecule has 1 unspecified atom stereocenters. The van der Waals surface area contributed by atoms with E-state index in [9.17, 15) is 14.3 Å². The average molecular weight is 252 g/mol. The van der Waals surface area contributed by atoms with Gasteiger partial charge >= 0.3 is 13.6 Å². The molecule has 6 heteroatoms. The van der Waals surface area contributed by atoms with Gasteiger partial charge in [-0.3, -0.25) is 9.36 Å². The van der Waals surface area contributed by atoms with Crippen LogP contribution in [-0.2, 0) is 13.9 Å². The molecule has 2 N–H and O–H groups in total. The lowest BCUT2D eigenvalue weighted by Gasteiger charge is -2.34. The first-order valence-corrected chi connectivity index (χ1v) is 6.87. The van der Waals surface area contributed by atoms with Gasteiger partial charge in [-0.15, -0.1) is 0 Å². The second-order valence-electron chi connectivity index (χ2n) is 4.77. The van der Waals surface area contributed by atoms with Crippen molar-refractivity contribution in [3.8, 4) is 0 Å². The van der Waals surface area contributed by atoms with Crippen LogP contribution in [0.4, 0.5) is 0 Å². The van der Waals surface area contributed by atoms with Crippen LogP contribution in [0.5, 0.6) is 0 Å². The highest BCUT2D eigenvalue weighted by atomic mass is 31.2. The molecule has 0 saturated carbocycles. The zero-order valence-electron chi connectivity index (χ0n) is 10.5. The van der Waals surface area contributed by atoms with Gasteiger partial charge in [-0.05, 0) is 33.6 Å². The third-order valence-corrected chi connectivity index (χ3v) is 5.21. The molecule has 0 rings (SSSR count). The minimum absolute atomic E-state index is 0.0582. The fourth-order valence-corrected chi connectivity index (χ4v) is 3.49. The maximum atomic E-state index is 12.1. The Morgan fingerprint density at radius 2 is 1.62 bits per heavy atom. The Bertz CT molecular complexity index is 301. The molecule has 0 aromatic rings. The van der Waals surface area contributed by atoms with Crippen molar-refractivity contribution in [1.29, 1.82) is 0 Å². The van der Waals surface area contributed by atoms with Gasteiger partial charge in [-0.1, -0.05) is 13.8 Å². The number of carboxylic acid groups (broad SMARTS) is 1. The molecule has 0 aromatic carbocycles. The summed E-state index contributed by atoms with van der Waals surface area (Å²) in [6.45, 7) is 8.01. The van der Waals surface area contributed by atoms with Crippen molar-refractivity contribution in [2.75, 3.05) is 0 Å². The third-order valence-electron chi connectivity index (χ3n) is 2.51. The number of hydrogen-bond donors (Lipinski definition) is 2. The predicted molar refractivity (Wildman–Crippen MR) is 61.6 cm³/mol. The van der Waals surface area contributed by atoms with Gasteiger partial charge in [-0.25, -0.2) is 0 Å². The van der Waals surface area contributed by atoms with Crippen LogP contribution in [-0.4, -0.2) is 26.7 Å². The van der Waals surface area contributed by atoms with E-state index in [1.807, 2.05) is 0 Å². The molecule has 0 heterocycles. The van der Waals surface area contributed by atoms with Crippen molar-refractivity contribution in [2.24, 2.45) is 0 Å². The molecular formula is C10H21O5P. The first-order chi connectivity index (χ1) is 7.02. The zero-order chi connectivity index (χ0) is 13.2. The number of aliphatic carboxylic acids is 1. The van der Waals surface area contributed by atoms with Crippen LogP contribution < -0.4 is 0 Å². The highest BCUT2D eigenvalue weighted by Crippen LogP contribution is 2.60. The summed E-state index contributed by atoms with van der Waals surface area (Å²) in [5.41, 5.74) is -0.852. The maximum Gasteiger partial charge on any atom is 0.345 e. The normalized spacial score (nSPS) is 16.9. The lowest BCUT2D eigenvalue weighted by molar-refractivity contribution is -0.141. The first-order valence-electron chi connectivity index (χ1n) is 5.29. The van der Waals surface area contributed by atoms with Gasteiger partial charge < -0.3 is 14.5 Å². The lowest BCUT2D eigenvalue weighted by Crippen LogP contribution is -2.39. The molecule has 0 amide bonds. The molecule has 0 saturated heterocycles. The highest BCUT2D eigenvalue weighted by molar-refractivity contribution is 7.55. The monoisotopic (exact) mass is 252 g/mol. The lowest BCUT2D eigenvalue weighted by atomic mass is 10.0. The number of hydrogen-bond acceptors (Lipinski definition) is 3. The van der Waals surface area contributed by atoms with E-state index in [1.54, 1.807) is 34.6 Å². The maximum absolute atomic E-state index is 12.1. The van der Waals surface area contributed by atoms with Crippen molar-refractivity contribution in [3.63, 3.8) is 0 Å². The highest BCUT2D eigenvalue weighted by Gasteiger charge is 2.54. The van der Waals surface area contributed by atoms with E-state index < -0.39 is 24.3 Å². The summed E-state index contributed by atoms with van der Waals surface area (Å²) in [5, 5.41) is 7.44. The molecule has 5 nitrogen and oxygen atoms in total. The van der Waals surface area contributed by atoms with Gasteiger partial charge in [0, 0.05) is 0 Å². The van der Waals surface area contributed by atoms with E-state index in [0.29, 0.717) is 0 Å². The van der Waals surface area contributed by atoms with Crippen molar-refractivity contribution < 1.29 is 23.9 Å². The van der Waals surface area contributed by atoms with E-state index in [0.717, 1.165) is 0 Å². The molecule has 96 valence electrons. The Labute approximate surface area is 96.4 Å². The van der Waals surface area contributed by atoms with Gasteiger partial charge in [0.25, 0.3) is 0 Å². The summed E-state index contributed by atoms with van der Waals surface area (Å²) < 4.78 is 17.2. The third kappa shape index (κ3) is 3.06. The van der Waals surface area contributed by atoms with Gasteiger partial charge in [-0.2, -0.15) is 0 Å². The molecule has 1 atom stereocenters. The summed E-state index contributed by atoms with van der Waals surface area (Å²) in [7, 11) is -4.21. The molecule has 0 aliphatic rings. The quantitative estimate of drug-likeness (QED) is 0.735. The van der Waals surface area contributed by atoms with Crippen LogP contribution in [0.1, 0.15) is 47.5 Å². The van der Waals surface area contributed by atoms with E-state index >= 15 is 0 Å².